The van der Waals surface area contributed by atoms with Crippen LogP contribution in [0.4, 0.5) is 0 Å². The fraction of sp³-hybridized carbons (Fsp3) is 0.250. The van der Waals surface area contributed by atoms with Gasteiger partial charge in [-0.2, -0.15) is 0 Å². The first-order chi connectivity index (χ1) is 8.65. The molecule has 0 radical (unpaired) electrons. The molecule has 6 nitrogen and oxygen atoms in total. The van der Waals surface area contributed by atoms with Gasteiger partial charge in [0.1, 0.15) is 0 Å². The number of amides is 2. The summed E-state index contributed by atoms with van der Waals surface area (Å²) in [6, 6.07) is 4.67. The van der Waals surface area contributed by atoms with E-state index in [1.54, 1.807) is 12.1 Å². The fourth-order valence-corrected chi connectivity index (χ4v) is 2.03. The van der Waals surface area contributed by atoms with Gasteiger partial charge in [0.25, 0.3) is 5.91 Å². The predicted octanol–water partition coefficient (Wildman–Crippen LogP) is 0.0866. The Labute approximate surface area is 103 Å². The van der Waals surface area contributed by atoms with Gasteiger partial charge in [0.15, 0.2) is 0 Å². The van der Waals surface area contributed by atoms with Crippen LogP contribution in [-0.4, -0.2) is 41.4 Å². The molecule has 1 aliphatic rings. The second-order valence-electron chi connectivity index (χ2n) is 3.94. The van der Waals surface area contributed by atoms with Gasteiger partial charge in [0.2, 0.25) is 6.41 Å². The largest absolute Gasteiger partial charge is 0.478 e. The van der Waals surface area contributed by atoms with Crippen LogP contribution >= 0.6 is 0 Å². The number of carboxylic acids is 1. The number of carbonyl (C=O) groups excluding carboxylic acids is 2. The smallest absolute Gasteiger partial charge is 0.336 e. The molecule has 18 heavy (non-hydrogen) atoms. The van der Waals surface area contributed by atoms with Gasteiger partial charge in [-0.25, -0.2) is 4.79 Å². The number of hydrogen-bond acceptors (Lipinski definition) is 3. The second-order valence-corrected chi connectivity index (χ2v) is 3.94. The molecule has 1 heterocycles. The number of rotatable bonds is 5. The minimum atomic E-state index is -1.03. The van der Waals surface area contributed by atoms with E-state index >= 15 is 0 Å². The maximum Gasteiger partial charge on any atom is 0.336 e. The summed E-state index contributed by atoms with van der Waals surface area (Å²) in [6.07, 6.45) is 0.566. The summed E-state index contributed by atoms with van der Waals surface area (Å²) in [7, 11) is 0. The molecule has 0 spiro atoms. The first-order valence-electron chi connectivity index (χ1n) is 5.46. The van der Waals surface area contributed by atoms with Crippen molar-refractivity contribution in [2.45, 2.75) is 6.54 Å². The van der Waals surface area contributed by atoms with Gasteiger partial charge in [-0.05, 0) is 17.7 Å². The number of nitrogens with zero attached hydrogens (tertiary/aromatic N) is 1. The number of carbonyl (C=O) groups is 3. The number of carboxylic acid groups (broad SMARTS) is 1. The predicted molar refractivity (Wildman–Crippen MR) is 62.2 cm³/mol. The van der Waals surface area contributed by atoms with Crippen molar-refractivity contribution < 1.29 is 19.5 Å². The van der Waals surface area contributed by atoms with Crippen LogP contribution in [-0.2, 0) is 11.3 Å². The van der Waals surface area contributed by atoms with E-state index in [1.165, 1.54) is 11.0 Å². The van der Waals surface area contributed by atoms with E-state index in [9.17, 15) is 14.4 Å². The molecule has 0 atom stereocenters. The molecule has 1 aromatic rings. The van der Waals surface area contributed by atoms with E-state index in [1.807, 2.05) is 0 Å². The average molecular weight is 248 g/mol. The van der Waals surface area contributed by atoms with Crippen LogP contribution in [0.5, 0.6) is 0 Å². The third-order valence-corrected chi connectivity index (χ3v) is 2.88. The Bertz CT molecular complexity index is 513. The normalized spacial score (nSPS) is 13.3. The number of fused-ring (bicyclic) bond motifs is 1. The van der Waals surface area contributed by atoms with Crippen LogP contribution in [0.3, 0.4) is 0 Å². The van der Waals surface area contributed by atoms with Crippen LogP contribution in [0.15, 0.2) is 18.2 Å². The van der Waals surface area contributed by atoms with E-state index in [2.05, 4.69) is 5.32 Å². The Balaban J connectivity index is 2.21. The highest BCUT2D eigenvalue weighted by Crippen LogP contribution is 2.25. The molecule has 6 heteroatoms. The van der Waals surface area contributed by atoms with Gasteiger partial charge in [0.05, 0.1) is 5.56 Å². The molecule has 0 saturated heterocycles. The van der Waals surface area contributed by atoms with E-state index in [-0.39, 0.29) is 18.0 Å². The molecule has 0 aromatic heterocycles. The number of benzene rings is 1. The Morgan fingerprint density at radius 2 is 2.28 bits per heavy atom. The summed E-state index contributed by atoms with van der Waals surface area (Å²) in [6.45, 7) is 0.994. The van der Waals surface area contributed by atoms with Crippen LogP contribution in [0.2, 0.25) is 0 Å². The summed E-state index contributed by atoms with van der Waals surface area (Å²) in [4.78, 5) is 34.7. The van der Waals surface area contributed by atoms with Gasteiger partial charge in [-0.1, -0.05) is 6.07 Å². The third kappa shape index (κ3) is 2.04. The van der Waals surface area contributed by atoms with Crippen molar-refractivity contribution in [3.05, 3.63) is 34.9 Å². The van der Waals surface area contributed by atoms with Gasteiger partial charge in [-0.15, -0.1) is 0 Å². The monoisotopic (exact) mass is 248 g/mol. The van der Waals surface area contributed by atoms with Gasteiger partial charge in [0, 0.05) is 25.2 Å². The van der Waals surface area contributed by atoms with Crippen LogP contribution < -0.4 is 5.32 Å². The van der Waals surface area contributed by atoms with Crippen molar-refractivity contribution in [1.29, 1.82) is 0 Å². The molecular weight excluding hydrogens is 236 g/mol. The lowest BCUT2D eigenvalue weighted by Crippen LogP contribution is -2.31. The van der Waals surface area contributed by atoms with Crippen molar-refractivity contribution in [2.75, 3.05) is 13.1 Å². The lowest BCUT2D eigenvalue weighted by Gasteiger charge is -2.14. The minimum Gasteiger partial charge on any atom is -0.478 e. The maximum atomic E-state index is 12.0. The molecule has 0 unspecified atom stereocenters. The second kappa shape index (κ2) is 4.87. The molecular formula is C12H12N2O4. The highest BCUT2D eigenvalue weighted by atomic mass is 16.4. The van der Waals surface area contributed by atoms with Crippen molar-refractivity contribution in [3.63, 3.8) is 0 Å². The van der Waals surface area contributed by atoms with Crippen molar-refractivity contribution in [1.82, 2.24) is 10.2 Å². The summed E-state index contributed by atoms with van der Waals surface area (Å²) in [5, 5.41) is 11.5. The van der Waals surface area contributed by atoms with Crippen molar-refractivity contribution in [2.24, 2.45) is 0 Å². The molecule has 2 rings (SSSR count). The third-order valence-electron chi connectivity index (χ3n) is 2.88. The van der Waals surface area contributed by atoms with Crippen molar-refractivity contribution >= 4 is 18.3 Å². The van der Waals surface area contributed by atoms with Crippen LogP contribution in [0, 0.1) is 0 Å². The molecule has 2 N–H and O–H groups in total. The fourth-order valence-electron chi connectivity index (χ4n) is 2.03. The molecule has 0 bridgehead atoms. The molecule has 1 aromatic carbocycles. The Morgan fingerprint density at radius 3 is 2.94 bits per heavy atom. The van der Waals surface area contributed by atoms with Crippen molar-refractivity contribution in [3.8, 4) is 0 Å². The summed E-state index contributed by atoms with van der Waals surface area (Å²) in [5.74, 6) is -1.23. The molecule has 0 aliphatic carbocycles. The van der Waals surface area contributed by atoms with E-state index in [0.717, 1.165) is 0 Å². The lowest BCUT2D eigenvalue weighted by molar-refractivity contribution is -0.109. The Morgan fingerprint density at radius 1 is 1.50 bits per heavy atom. The lowest BCUT2D eigenvalue weighted by atomic mass is 10.0. The SMILES string of the molecule is O=CNCCN1Cc2c(C(=O)O)cccc2C1=O. The quantitative estimate of drug-likeness (QED) is 0.571. The summed E-state index contributed by atoms with van der Waals surface area (Å²) in [5.41, 5.74) is 1.13. The molecule has 1 aliphatic heterocycles. The first-order valence-corrected chi connectivity index (χ1v) is 5.46. The molecule has 94 valence electrons. The number of aromatic carboxylic acids is 1. The van der Waals surface area contributed by atoms with E-state index < -0.39 is 5.97 Å². The zero-order chi connectivity index (χ0) is 13.1. The Kier molecular flexibility index (Phi) is 3.27. The Hall–Kier alpha value is -2.37. The van der Waals surface area contributed by atoms with E-state index in [0.29, 0.717) is 30.6 Å². The summed E-state index contributed by atoms with van der Waals surface area (Å²) >= 11 is 0. The van der Waals surface area contributed by atoms with Gasteiger partial charge in [-0.3, -0.25) is 9.59 Å². The zero-order valence-corrected chi connectivity index (χ0v) is 9.55. The molecule has 0 saturated carbocycles. The highest BCUT2D eigenvalue weighted by Gasteiger charge is 2.30. The molecule has 0 fully saturated rings. The van der Waals surface area contributed by atoms with Gasteiger partial charge < -0.3 is 15.3 Å². The standard InChI is InChI=1S/C12H12N2O4/c15-7-13-4-5-14-6-10-8(11(14)16)2-1-3-9(10)12(17)18/h1-3,7H,4-6H2,(H,13,15)(H,17,18). The number of nitrogens with one attached hydrogen (secondary N) is 1. The minimum absolute atomic E-state index is 0.159. The van der Waals surface area contributed by atoms with E-state index in [4.69, 9.17) is 5.11 Å². The zero-order valence-electron chi connectivity index (χ0n) is 9.55. The number of hydrogen-bond donors (Lipinski definition) is 2. The molecule has 2 amide bonds. The first kappa shape index (κ1) is 12.1. The highest BCUT2D eigenvalue weighted by molar-refractivity contribution is 6.02. The topological polar surface area (TPSA) is 86.7 Å². The average Bonchev–Trinajstić information content (AvgIpc) is 2.67. The maximum absolute atomic E-state index is 12.0. The van der Waals surface area contributed by atoms with Crippen LogP contribution in [0.25, 0.3) is 0 Å². The van der Waals surface area contributed by atoms with Gasteiger partial charge >= 0.3 is 5.97 Å². The van der Waals surface area contributed by atoms with Crippen LogP contribution in [0.1, 0.15) is 26.3 Å². The summed E-state index contributed by atoms with van der Waals surface area (Å²) < 4.78 is 0.